The lowest BCUT2D eigenvalue weighted by Crippen LogP contribution is -2.28. The molecule has 0 spiro atoms. The molecule has 1 heterocycles. The van der Waals surface area contributed by atoms with Crippen molar-refractivity contribution >= 4 is 11.7 Å². The number of nitrogens with zero attached hydrogens (tertiary/aromatic N) is 1. The van der Waals surface area contributed by atoms with Crippen molar-refractivity contribution in [3.05, 3.63) is 23.9 Å². The van der Waals surface area contributed by atoms with Crippen LogP contribution >= 0.6 is 0 Å². The Hall–Kier alpha value is -1.62. The molecule has 1 rings (SSSR count). The van der Waals surface area contributed by atoms with E-state index in [1.807, 2.05) is 26.0 Å². The Bertz CT molecular complexity index is 355. The zero-order valence-corrected chi connectivity index (χ0v) is 10.3. The smallest absolute Gasteiger partial charge is 0.270 e. The van der Waals surface area contributed by atoms with E-state index in [1.54, 1.807) is 6.07 Å². The van der Waals surface area contributed by atoms with Crippen LogP contribution < -0.4 is 10.6 Å². The van der Waals surface area contributed by atoms with Gasteiger partial charge >= 0.3 is 0 Å². The van der Waals surface area contributed by atoms with Gasteiger partial charge in [-0.3, -0.25) is 4.79 Å². The summed E-state index contributed by atoms with van der Waals surface area (Å²) < 4.78 is 5.13. The average Bonchev–Trinajstić information content (AvgIpc) is 2.35. The lowest BCUT2D eigenvalue weighted by atomic mass is 10.3. The van der Waals surface area contributed by atoms with Crippen LogP contribution in [0.25, 0.3) is 0 Å². The van der Waals surface area contributed by atoms with Crippen LogP contribution in [0.15, 0.2) is 18.2 Å². The second kappa shape index (κ2) is 7.62. The predicted molar refractivity (Wildman–Crippen MR) is 67.2 cm³/mol. The molecule has 0 saturated carbocycles. The molecule has 0 unspecified atom stereocenters. The quantitative estimate of drug-likeness (QED) is 0.701. The molecule has 1 aromatic rings. The van der Waals surface area contributed by atoms with Gasteiger partial charge in [-0.2, -0.15) is 0 Å². The summed E-state index contributed by atoms with van der Waals surface area (Å²) >= 11 is 0. The topological polar surface area (TPSA) is 63.2 Å². The van der Waals surface area contributed by atoms with E-state index >= 15 is 0 Å². The van der Waals surface area contributed by atoms with Gasteiger partial charge in [0.15, 0.2) is 0 Å². The van der Waals surface area contributed by atoms with Gasteiger partial charge in [0.25, 0.3) is 5.91 Å². The molecular formula is C12H19N3O2. The van der Waals surface area contributed by atoms with Crippen LogP contribution in [0.5, 0.6) is 0 Å². The van der Waals surface area contributed by atoms with Crippen molar-refractivity contribution in [2.45, 2.75) is 13.8 Å². The Morgan fingerprint density at radius 1 is 1.41 bits per heavy atom. The van der Waals surface area contributed by atoms with Crippen LogP contribution in [-0.4, -0.2) is 37.2 Å². The Balaban J connectivity index is 2.47. The Labute approximate surface area is 102 Å². The normalized spacial score (nSPS) is 10.0. The van der Waals surface area contributed by atoms with Gasteiger partial charge in [0, 0.05) is 19.7 Å². The molecule has 1 amide bonds. The summed E-state index contributed by atoms with van der Waals surface area (Å²) in [6.45, 7) is 6.36. The van der Waals surface area contributed by atoms with E-state index in [4.69, 9.17) is 4.74 Å². The summed E-state index contributed by atoms with van der Waals surface area (Å²) in [6, 6.07) is 5.33. The molecule has 5 nitrogen and oxygen atoms in total. The number of rotatable bonds is 7. The van der Waals surface area contributed by atoms with Crippen molar-refractivity contribution in [2.75, 3.05) is 31.6 Å². The van der Waals surface area contributed by atoms with E-state index in [9.17, 15) is 4.79 Å². The highest BCUT2D eigenvalue weighted by molar-refractivity contribution is 5.92. The molecule has 0 saturated heterocycles. The highest BCUT2D eigenvalue weighted by Crippen LogP contribution is 2.04. The summed E-state index contributed by atoms with van der Waals surface area (Å²) in [6.07, 6.45) is 0. The number of hydrogen-bond donors (Lipinski definition) is 2. The molecule has 0 atom stereocenters. The molecule has 1 aromatic heterocycles. The Morgan fingerprint density at radius 3 is 2.94 bits per heavy atom. The molecule has 5 heteroatoms. The van der Waals surface area contributed by atoms with Gasteiger partial charge in [-0.1, -0.05) is 6.07 Å². The van der Waals surface area contributed by atoms with Gasteiger partial charge in [-0.15, -0.1) is 0 Å². The van der Waals surface area contributed by atoms with Crippen molar-refractivity contribution in [1.29, 1.82) is 0 Å². The van der Waals surface area contributed by atoms with Gasteiger partial charge < -0.3 is 15.4 Å². The number of ether oxygens (including phenoxy) is 1. The first kappa shape index (κ1) is 13.4. The molecule has 0 aromatic carbocycles. The third kappa shape index (κ3) is 4.82. The van der Waals surface area contributed by atoms with Crippen LogP contribution in [0.3, 0.4) is 0 Å². The SMILES string of the molecule is CCNc1cccc(C(=O)NCCOCC)n1. The number of carbonyl (C=O) groups excluding carboxylic acids is 1. The van der Waals surface area contributed by atoms with E-state index in [1.165, 1.54) is 0 Å². The molecule has 0 bridgehead atoms. The minimum absolute atomic E-state index is 0.176. The number of pyridine rings is 1. The van der Waals surface area contributed by atoms with E-state index in [0.29, 0.717) is 31.3 Å². The van der Waals surface area contributed by atoms with Crippen molar-refractivity contribution < 1.29 is 9.53 Å². The fourth-order valence-electron chi connectivity index (χ4n) is 1.31. The summed E-state index contributed by atoms with van der Waals surface area (Å²) in [7, 11) is 0. The van der Waals surface area contributed by atoms with Crippen molar-refractivity contribution in [3.63, 3.8) is 0 Å². The van der Waals surface area contributed by atoms with Crippen molar-refractivity contribution in [3.8, 4) is 0 Å². The van der Waals surface area contributed by atoms with Crippen molar-refractivity contribution in [2.24, 2.45) is 0 Å². The molecule has 0 aliphatic heterocycles. The average molecular weight is 237 g/mol. The molecule has 0 aliphatic rings. The first-order chi connectivity index (χ1) is 8.27. The number of nitrogens with one attached hydrogen (secondary N) is 2. The first-order valence-corrected chi connectivity index (χ1v) is 5.84. The fourth-order valence-corrected chi connectivity index (χ4v) is 1.31. The van der Waals surface area contributed by atoms with Crippen LogP contribution in [0.2, 0.25) is 0 Å². The molecule has 0 fully saturated rings. The molecule has 94 valence electrons. The minimum Gasteiger partial charge on any atom is -0.380 e. The largest absolute Gasteiger partial charge is 0.380 e. The number of aromatic nitrogens is 1. The fraction of sp³-hybridized carbons (Fsp3) is 0.500. The van der Waals surface area contributed by atoms with Gasteiger partial charge in [-0.25, -0.2) is 4.98 Å². The van der Waals surface area contributed by atoms with E-state index in [-0.39, 0.29) is 5.91 Å². The van der Waals surface area contributed by atoms with E-state index in [2.05, 4.69) is 15.6 Å². The summed E-state index contributed by atoms with van der Waals surface area (Å²) in [5, 5.41) is 5.81. The summed E-state index contributed by atoms with van der Waals surface area (Å²) in [4.78, 5) is 15.9. The third-order valence-corrected chi connectivity index (χ3v) is 2.08. The molecule has 0 radical (unpaired) electrons. The van der Waals surface area contributed by atoms with Crippen LogP contribution in [0, 0.1) is 0 Å². The number of anilines is 1. The van der Waals surface area contributed by atoms with Crippen molar-refractivity contribution in [1.82, 2.24) is 10.3 Å². The molecular weight excluding hydrogens is 218 g/mol. The molecule has 17 heavy (non-hydrogen) atoms. The number of carbonyl (C=O) groups is 1. The highest BCUT2D eigenvalue weighted by atomic mass is 16.5. The lowest BCUT2D eigenvalue weighted by molar-refractivity contribution is 0.0918. The lowest BCUT2D eigenvalue weighted by Gasteiger charge is -2.06. The second-order valence-electron chi connectivity index (χ2n) is 3.39. The minimum atomic E-state index is -0.176. The highest BCUT2D eigenvalue weighted by Gasteiger charge is 2.06. The maximum absolute atomic E-state index is 11.7. The van der Waals surface area contributed by atoms with Crippen LogP contribution in [0.1, 0.15) is 24.3 Å². The standard InChI is InChI=1S/C12H19N3O2/c1-3-13-11-7-5-6-10(15-11)12(16)14-8-9-17-4-2/h5-7H,3-4,8-9H2,1-2H3,(H,13,15)(H,14,16). The predicted octanol–water partition coefficient (Wildman–Crippen LogP) is 1.28. The van der Waals surface area contributed by atoms with Gasteiger partial charge in [0.1, 0.15) is 11.5 Å². The third-order valence-electron chi connectivity index (χ3n) is 2.08. The number of amides is 1. The molecule has 2 N–H and O–H groups in total. The second-order valence-corrected chi connectivity index (χ2v) is 3.39. The van der Waals surface area contributed by atoms with Gasteiger partial charge in [0.2, 0.25) is 0 Å². The van der Waals surface area contributed by atoms with E-state index < -0.39 is 0 Å². The van der Waals surface area contributed by atoms with Crippen LogP contribution in [-0.2, 0) is 4.74 Å². The maximum atomic E-state index is 11.7. The summed E-state index contributed by atoms with van der Waals surface area (Å²) in [5.41, 5.74) is 0.417. The molecule has 0 aliphatic carbocycles. The zero-order chi connectivity index (χ0) is 12.5. The monoisotopic (exact) mass is 237 g/mol. The number of hydrogen-bond acceptors (Lipinski definition) is 4. The summed E-state index contributed by atoms with van der Waals surface area (Å²) in [5.74, 6) is 0.536. The Kier molecular flexibility index (Phi) is 6.03. The van der Waals surface area contributed by atoms with E-state index in [0.717, 1.165) is 6.54 Å². The maximum Gasteiger partial charge on any atom is 0.270 e. The zero-order valence-electron chi connectivity index (χ0n) is 10.3. The van der Waals surface area contributed by atoms with Crippen LogP contribution in [0.4, 0.5) is 5.82 Å². The van der Waals surface area contributed by atoms with Gasteiger partial charge in [0.05, 0.1) is 6.61 Å². The first-order valence-electron chi connectivity index (χ1n) is 5.84. The van der Waals surface area contributed by atoms with Gasteiger partial charge in [-0.05, 0) is 26.0 Å². The Morgan fingerprint density at radius 2 is 2.24 bits per heavy atom.